The number of carbonyl (C=O) groups is 1. The summed E-state index contributed by atoms with van der Waals surface area (Å²) in [6.07, 6.45) is 5.69. The molecule has 24 heavy (non-hydrogen) atoms. The summed E-state index contributed by atoms with van der Waals surface area (Å²) in [6.45, 7) is 1.79. The molecule has 0 bridgehead atoms. The molecule has 4 rings (SSSR count). The minimum atomic E-state index is 0.293. The summed E-state index contributed by atoms with van der Waals surface area (Å²) in [6, 6.07) is 6.05. The van der Waals surface area contributed by atoms with E-state index in [1.54, 1.807) is 6.33 Å². The standard InChI is InChI=1S/C18H21ClN4O/c1-22(18(24)12-2-3-12)14-6-8-23(9-7-14)17-15-10-13(19)4-5-16(15)20-11-21-17/h4-5,10-12,14H,2-3,6-9H2,1H3. The molecule has 0 spiro atoms. The Hall–Kier alpha value is -1.88. The Labute approximate surface area is 146 Å². The van der Waals surface area contributed by atoms with Crippen molar-refractivity contribution in [3.05, 3.63) is 29.5 Å². The Morgan fingerprint density at radius 1 is 1.21 bits per heavy atom. The highest BCUT2D eigenvalue weighted by Gasteiger charge is 2.35. The lowest BCUT2D eigenvalue weighted by Crippen LogP contribution is -2.46. The van der Waals surface area contributed by atoms with E-state index in [0.29, 0.717) is 22.9 Å². The number of nitrogens with zero attached hydrogens (tertiary/aromatic N) is 4. The predicted molar refractivity (Wildman–Crippen MR) is 95.3 cm³/mol. The largest absolute Gasteiger partial charge is 0.356 e. The van der Waals surface area contributed by atoms with Crippen molar-refractivity contribution >= 4 is 34.2 Å². The lowest BCUT2D eigenvalue weighted by atomic mass is 10.0. The third-order valence-corrected chi connectivity index (χ3v) is 5.40. The number of anilines is 1. The topological polar surface area (TPSA) is 49.3 Å². The maximum Gasteiger partial charge on any atom is 0.225 e. The van der Waals surface area contributed by atoms with Crippen LogP contribution in [-0.2, 0) is 4.79 Å². The lowest BCUT2D eigenvalue weighted by Gasteiger charge is -2.37. The molecule has 6 heteroatoms. The van der Waals surface area contributed by atoms with Crippen LogP contribution in [-0.4, -0.2) is 47.0 Å². The normalized spacial score (nSPS) is 18.8. The molecule has 1 aromatic heterocycles. The zero-order chi connectivity index (χ0) is 16.7. The quantitative estimate of drug-likeness (QED) is 0.858. The predicted octanol–water partition coefficient (Wildman–Crippen LogP) is 3.12. The molecule has 0 unspecified atom stereocenters. The van der Waals surface area contributed by atoms with E-state index < -0.39 is 0 Å². The van der Waals surface area contributed by atoms with Crippen LogP contribution in [0.3, 0.4) is 0 Å². The monoisotopic (exact) mass is 344 g/mol. The average Bonchev–Trinajstić information content (AvgIpc) is 3.45. The maximum absolute atomic E-state index is 12.2. The molecule has 126 valence electrons. The van der Waals surface area contributed by atoms with Gasteiger partial charge >= 0.3 is 0 Å². The number of hydrogen-bond donors (Lipinski definition) is 0. The average molecular weight is 345 g/mol. The van der Waals surface area contributed by atoms with Crippen LogP contribution in [0.5, 0.6) is 0 Å². The second kappa shape index (κ2) is 6.20. The summed E-state index contributed by atoms with van der Waals surface area (Å²) in [5, 5.41) is 1.69. The van der Waals surface area contributed by atoms with Crippen LogP contribution < -0.4 is 4.90 Å². The third-order valence-electron chi connectivity index (χ3n) is 5.16. The van der Waals surface area contributed by atoms with Crippen molar-refractivity contribution in [3.8, 4) is 0 Å². The van der Waals surface area contributed by atoms with Crippen molar-refractivity contribution in [2.75, 3.05) is 25.0 Å². The van der Waals surface area contributed by atoms with Gasteiger partial charge in [0.2, 0.25) is 5.91 Å². The molecule has 0 N–H and O–H groups in total. The van der Waals surface area contributed by atoms with Crippen LogP contribution in [0.2, 0.25) is 5.02 Å². The number of halogens is 1. The van der Waals surface area contributed by atoms with Gasteiger partial charge in [0.25, 0.3) is 0 Å². The number of fused-ring (bicyclic) bond motifs is 1. The fourth-order valence-electron chi connectivity index (χ4n) is 3.53. The summed E-state index contributed by atoms with van der Waals surface area (Å²) < 4.78 is 0. The molecule has 1 aliphatic carbocycles. The van der Waals surface area contributed by atoms with Crippen LogP contribution in [0.4, 0.5) is 5.82 Å². The highest BCUT2D eigenvalue weighted by Crippen LogP contribution is 2.33. The number of rotatable bonds is 3. The van der Waals surface area contributed by atoms with E-state index in [4.69, 9.17) is 11.6 Å². The van der Waals surface area contributed by atoms with Crippen LogP contribution in [0.1, 0.15) is 25.7 Å². The van der Waals surface area contributed by atoms with Gasteiger partial charge in [-0.2, -0.15) is 0 Å². The van der Waals surface area contributed by atoms with Crippen molar-refractivity contribution in [2.45, 2.75) is 31.7 Å². The summed E-state index contributed by atoms with van der Waals surface area (Å²) in [4.78, 5) is 25.3. The van der Waals surface area contributed by atoms with E-state index in [-0.39, 0.29) is 0 Å². The Morgan fingerprint density at radius 3 is 2.67 bits per heavy atom. The van der Waals surface area contributed by atoms with Crippen molar-refractivity contribution in [2.24, 2.45) is 5.92 Å². The molecule has 2 heterocycles. The number of carbonyl (C=O) groups excluding carboxylic acids is 1. The Balaban J connectivity index is 1.50. The number of aromatic nitrogens is 2. The molecule has 0 radical (unpaired) electrons. The van der Waals surface area contributed by atoms with Gasteiger partial charge in [0.15, 0.2) is 0 Å². The minimum Gasteiger partial charge on any atom is -0.356 e. The van der Waals surface area contributed by atoms with E-state index >= 15 is 0 Å². The first-order valence-corrected chi connectivity index (χ1v) is 8.93. The molecule has 2 fully saturated rings. The third kappa shape index (κ3) is 2.93. The Kier molecular flexibility index (Phi) is 4.04. The first kappa shape index (κ1) is 15.6. The highest BCUT2D eigenvalue weighted by atomic mass is 35.5. The van der Waals surface area contributed by atoms with Crippen molar-refractivity contribution in [3.63, 3.8) is 0 Å². The zero-order valence-corrected chi connectivity index (χ0v) is 14.5. The van der Waals surface area contributed by atoms with Gasteiger partial charge in [-0.25, -0.2) is 9.97 Å². The number of hydrogen-bond acceptors (Lipinski definition) is 4. The smallest absolute Gasteiger partial charge is 0.225 e. The summed E-state index contributed by atoms with van der Waals surface area (Å²) in [7, 11) is 1.96. The van der Waals surface area contributed by atoms with E-state index in [1.807, 2.05) is 30.1 Å². The van der Waals surface area contributed by atoms with Crippen LogP contribution in [0.15, 0.2) is 24.5 Å². The molecule has 1 aromatic carbocycles. The first-order chi connectivity index (χ1) is 11.6. The Morgan fingerprint density at radius 2 is 1.96 bits per heavy atom. The highest BCUT2D eigenvalue weighted by molar-refractivity contribution is 6.31. The van der Waals surface area contributed by atoms with Gasteiger partial charge in [-0.05, 0) is 43.9 Å². The van der Waals surface area contributed by atoms with Gasteiger partial charge < -0.3 is 9.80 Å². The summed E-state index contributed by atoms with van der Waals surface area (Å²) in [5.41, 5.74) is 0.910. The lowest BCUT2D eigenvalue weighted by molar-refractivity contribution is -0.133. The molecule has 1 aliphatic heterocycles. The van der Waals surface area contributed by atoms with E-state index in [0.717, 1.165) is 55.5 Å². The summed E-state index contributed by atoms with van der Waals surface area (Å²) >= 11 is 6.15. The van der Waals surface area contributed by atoms with Gasteiger partial charge in [-0.15, -0.1) is 0 Å². The molecule has 1 amide bonds. The van der Waals surface area contributed by atoms with Crippen molar-refractivity contribution < 1.29 is 4.79 Å². The van der Waals surface area contributed by atoms with Crippen molar-refractivity contribution in [1.82, 2.24) is 14.9 Å². The molecule has 2 aromatic rings. The summed E-state index contributed by atoms with van der Waals surface area (Å²) in [5.74, 6) is 1.56. The SMILES string of the molecule is CN(C(=O)C1CC1)C1CCN(c2ncnc3ccc(Cl)cc23)CC1. The maximum atomic E-state index is 12.2. The van der Waals surface area contributed by atoms with E-state index in [2.05, 4.69) is 14.9 Å². The molecule has 2 aliphatic rings. The molecular weight excluding hydrogens is 324 g/mol. The number of benzene rings is 1. The fraction of sp³-hybridized carbons (Fsp3) is 0.500. The van der Waals surface area contributed by atoms with Crippen LogP contribution in [0, 0.1) is 5.92 Å². The van der Waals surface area contributed by atoms with Gasteiger partial charge in [0.05, 0.1) is 5.52 Å². The van der Waals surface area contributed by atoms with Gasteiger partial charge in [-0.1, -0.05) is 11.6 Å². The molecule has 5 nitrogen and oxygen atoms in total. The van der Waals surface area contributed by atoms with E-state index in [1.165, 1.54) is 0 Å². The molecule has 1 saturated carbocycles. The van der Waals surface area contributed by atoms with Crippen LogP contribution >= 0.6 is 11.6 Å². The molecule has 1 saturated heterocycles. The number of amides is 1. The molecular formula is C18H21ClN4O. The van der Waals surface area contributed by atoms with Gasteiger partial charge in [0.1, 0.15) is 12.1 Å². The van der Waals surface area contributed by atoms with E-state index in [9.17, 15) is 4.79 Å². The van der Waals surface area contributed by atoms with Gasteiger partial charge in [-0.3, -0.25) is 4.79 Å². The zero-order valence-electron chi connectivity index (χ0n) is 13.8. The fourth-order valence-corrected chi connectivity index (χ4v) is 3.70. The van der Waals surface area contributed by atoms with Crippen molar-refractivity contribution in [1.29, 1.82) is 0 Å². The van der Waals surface area contributed by atoms with Crippen LogP contribution in [0.25, 0.3) is 10.9 Å². The Bertz CT molecular complexity index is 769. The first-order valence-electron chi connectivity index (χ1n) is 8.55. The second-order valence-corrected chi connectivity index (χ2v) is 7.24. The minimum absolute atomic E-state index is 0.293. The number of piperidine rings is 1. The second-order valence-electron chi connectivity index (χ2n) is 6.80. The van der Waals surface area contributed by atoms with Gasteiger partial charge in [0, 0.05) is 42.5 Å². The molecule has 0 atom stereocenters.